The van der Waals surface area contributed by atoms with Crippen LogP contribution in [0.1, 0.15) is 45.1 Å². The monoisotopic (exact) mass is 381 g/mol. The zero-order valence-corrected chi connectivity index (χ0v) is 15.3. The second kappa shape index (κ2) is 7.63. The van der Waals surface area contributed by atoms with Crippen LogP contribution in [0.4, 0.5) is 0 Å². The van der Waals surface area contributed by atoms with Gasteiger partial charge in [-0.2, -0.15) is 4.98 Å². The lowest BCUT2D eigenvalue weighted by Crippen LogP contribution is -2.40. The molecule has 0 aromatic carbocycles. The van der Waals surface area contributed by atoms with Gasteiger partial charge in [-0.05, 0) is 37.6 Å². The van der Waals surface area contributed by atoms with Crippen LogP contribution in [-0.4, -0.2) is 56.4 Å². The van der Waals surface area contributed by atoms with E-state index < -0.39 is 6.04 Å². The van der Waals surface area contributed by atoms with Gasteiger partial charge in [-0.3, -0.25) is 14.6 Å². The van der Waals surface area contributed by atoms with E-state index in [-0.39, 0.29) is 24.1 Å². The van der Waals surface area contributed by atoms with Gasteiger partial charge in [0.1, 0.15) is 6.04 Å². The summed E-state index contributed by atoms with van der Waals surface area (Å²) in [7, 11) is 0. The van der Waals surface area contributed by atoms with Crippen LogP contribution in [0, 0.1) is 6.92 Å². The normalized spacial score (nSPS) is 17.4. The van der Waals surface area contributed by atoms with Gasteiger partial charge >= 0.3 is 0 Å². The molecule has 0 bridgehead atoms. The fraction of sp³-hybridized carbons (Fsp3) is 0.316. The first-order chi connectivity index (χ1) is 13.6. The van der Waals surface area contributed by atoms with E-state index in [0.29, 0.717) is 36.8 Å². The Morgan fingerprint density at radius 2 is 2.07 bits per heavy atom. The van der Waals surface area contributed by atoms with Gasteiger partial charge in [0.15, 0.2) is 11.6 Å². The van der Waals surface area contributed by atoms with E-state index in [9.17, 15) is 9.59 Å². The van der Waals surface area contributed by atoms with Gasteiger partial charge in [-0.25, -0.2) is 0 Å². The molecule has 2 amide bonds. The Balaban J connectivity index is 1.66. The van der Waals surface area contributed by atoms with Crippen LogP contribution < -0.4 is 0 Å². The minimum Gasteiger partial charge on any atom is -0.459 e. The number of aromatic nitrogens is 3. The molecule has 1 aliphatic heterocycles. The number of furan rings is 1. The summed E-state index contributed by atoms with van der Waals surface area (Å²) in [6.07, 6.45) is 5.21. The standard InChI is InChI=1S/C19H19N5O4/c1-13-21-17(28-22-13)15-12-23(19(26)16-6-3-10-27-16)8-4-9-24(15)18(25)14-5-2-7-20-11-14/h2-3,5-7,10-11,15H,4,8-9,12H2,1H3. The average Bonchev–Trinajstić information content (AvgIpc) is 3.35. The predicted molar refractivity (Wildman–Crippen MR) is 96.3 cm³/mol. The molecule has 1 saturated heterocycles. The fourth-order valence-electron chi connectivity index (χ4n) is 3.28. The van der Waals surface area contributed by atoms with Crippen LogP contribution in [0.25, 0.3) is 0 Å². The SMILES string of the molecule is Cc1noc(C2CN(C(=O)c3ccco3)CCCN2C(=O)c2cccnc2)n1. The van der Waals surface area contributed by atoms with E-state index in [4.69, 9.17) is 8.94 Å². The zero-order chi connectivity index (χ0) is 19.5. The highest BCUT2D eigenvalue weighted by Gasteiger charge is 2.36. The topological polar surface area (TPSA) is 106 Å². The van der Waals surface area contributed by atoms with Gasteiger partial charge < -0.3 is 18.7 Å². The molecule has 1 unspecified atom stereocenters. The lowest BCUT2D eigenvalue weighted by Gasteiger charge is -2.29. The highest BCUT2D eigenvalue weighted by atomic mass is 16.5. The molecule has 144 valence electrons. The van der Waals surface area contributed by atoms with Crippen molar-refractivity contribution >= 4 is 11.8 Å². The van der Waals surface area contributed by atoms with Crippen molar-refractivity contribution in [1.82, 2.24) is 24.9 Å². The molecule has 0 spiro atoms. The van der Waals surface area contributed by atoms with Crippen molar-refractivity contribution in [2.24, 2.45) is 0 Å². The summed E-state index contributed by atoms with van der Waals surface area (Å²) >= 11 is 0. The molecule has 9 nitrogen and oxygen atoms in total. The number of aryl methyl sites for hydroxylation is 1. The molecule has 0 aliphatic carbocycles. The first-order valence-electron chi connectivity index (χ1n) is 8.97. The molecule has 1 aliphatic rings. The summed E-state index contributed by atoms with van der Waals surface area (Å²) in [6.45, 7) is 2.87. The summed E-state index contributed by atoms with van der Waals surface area (Å²) in [5, 5.41) is 3.85. The third-order valence-electron chi connectivity index (χ3n) is 4.61. The summed E-state index contributed by atoms with van der Waals surface area (Å²) in [5.74, 6) is 0.599. The van der Waals surface area contributed by atoms with Crippen LogP contribution in [0.2, 0.25) is 0 Å². The molecule has 1 fully saturated rings. The second-order valence-electron chi connectivity index (χ2n) is 6.52. The first kappa shape index (κ1) is 17.9. The zero-order valence-electron chi connectivity index (χ0n) is 15.3. The van der Waals surface area contributed by atoms with Crippen LogP contribution >= 0.6 is 0 Å². The van der Waals surface area contributed by atoms with Crippen LogP contribution in [-0.2, 0) is 0 Å². The number of hydrogen-bond acceptors (Lipinski definition) is 7. The summed E-state index contributed by atoms with van der Waals surface area (Å²) in [4.78, 5) is 37.6. The summed E-state index contributed by atoms with van der Waals surface area (Å²) < 4.78 is 10.6. The van der Waals surface area contributed by atoms with E-state index in [1.165, 1.54) is 12.5 Å². The molecule has 28 heavy (non-hydrogen) atoms. The Labute approximate surface area is 161 Å². The molecular weight excluding hydrogens is 362 g/mol. The molecule has 4 rings (SSSR count). The lowest BCUT2D eigenvalue weighted by molar-refractivity contribution is 0.0582. The Bertz CT molecular complexity index is 954. The van der Waals surface area contributed by atoms with Crippen molar-refractivity contribution in [2.75, 3.05) is 19.6 Å². The number of amides is 2. The first-order valence-corrected chi connectivity index (χ1v) is 8.97. The second-order valence-corrected chi connectivity index (χ2v) is 6.52. The largest absolute Gasteiger partial charge is 0.459 e. The Kier molecular flexibility index (Phi) is 4.88. The molecule has 0 saturated carbocycles. The van der Waals surface area contributed by atoms with Crippen molar-refractivity contribution in [1.29, 1.82) is 0 Å². The number of rotatable bonds is 3. The lowest BCUT2D eigenvalue weighted by atomic mass is 10.1. The van der Waals surface area contributed by atoms with Crippen LogP contribution in [0.15, 0.2) is 51.9 Å². The molecule has 3 aromatic heterocycles. The maximum atomic E-state index is 13.1. The van der Waals surface area contributed by atoms with E-state index in [1.54, 1.807) is 47.2 Å². The minimum atomic E-state index is -0.560. The fourth-order valence-corrected chi connectivity index (χ4v) is 3.28. The van der Waals surface area contributed by atoms with Gasteiger partial charge in [-0.15, -0.1) is 0 Å². The number of carbonyl (C=O) groups excluding carboxylic acids is 2. The molecule has 1 atom stereocenters. The highest BCUT2D eigenvalue weighted by molar-refractivity contribution is 5.94. The Morgan fingerprint density at radius 1 is 1.18 bits per heavy atom. The third kappa shape index (κ3) is 3.51. The molecule has 0 radical (unpaired) electrons. The van der Waals surface area contributed by atoms with Gasteiger partial charge in [0.05, 0.1) is 18.4 Å². The van der Waals surface area contributed by atoms with E-state index >= 15 is 0 Å². The smallest absolute Gasteiger partial charge is 0.289 e. The molecule has 9 heteroatoms. The Hall–Kier alpha value is -3.49. The van der Waals surface area contributed by atoms with Crippen molar-refractivity contribution in [2.45, 2.75) is 19.4 Å². The van der Waals surface area contributed by atoms with Crippen molar-refractivity contribution in [3.05, 3.63) is 66.0 Å². The molecular formula is C19H19N5O4. The third-order valence-corrected chi connectivity index (χ3v) is 4.61. The minimum absolute atomic E-state index is 0.193. The number of hydrogen-bond donors (Lipinski definition) is 0. The van der Waals surface area contributed by atoms with Gasteiger partial charge in [0, 0.05) is 25.5 Å². The van der Waals surface area contributed by atoms with E-state index in [1.807, 2.05) is 0 Å². The number of nitrogens with zero attached hydrogens (tertiary/aromatic N) is 5. The predicted octanol–water partition coefficient (Wildman–Crippen LogP) is 2.10. The quantitative estimate of drug-likeness (QED) is 0.684. The van der Waals surface area contributed by atoms with E-state index in [2.05, 4.69) is 15.1 Å². The highest BCUT2D eigenvalue weighted by Crippen LogP contribution is 2.26. The van der Waals surface area contributed by atoms with Crippen LogP contribution in [0.5, 0.6) is 0 Å². The summed E-state index contributed by atoms with van der Waals surface area (Å²) in [5.41, 5.74) is 0.467. The van der Waals surface area contributed by atoms with Gasteiger partial charge in [0.25, 0.3) is 17.7 Å². The number of pyridine rings is 1. The molecule has 0 N–H and O–H groups in total. The van der Waals surface area contributed by atoms with Crippen molar-refractivity contribution in [3.8, 4) is 0 Å². The maximum Gasteiger partial charge on any atom is 0.289 e. The average molecular weight is 381 g/mol. The Morgan fingerprint density at radius 3 is 2.75 bits per heavy atom. The molecule has 4 heterocycles. The number of carbonyl (C=O) groups is 2. The van der Waals surface area contributed by atoms with Gasteiger partial charge in [0.2, 0.25) is 0 Å². The maximum absolute atomic E-state index is 13.1. The van der Waals surface area contributed by atoms with Gasteiger partial charge in [-0.1, -0.05) is 5.16 Å². The summed E-state index contributed by atoms with van der Waals surface area (Å²) in [6, 6.07) is 6.15. The van der Waals surface area contributed by atoms with Crippen molar-refractivity contribution in [3.63, 3.8) is 0 Å². The van der Waals surface area contributed by atoms with Crippen LogP contribution in [0.3, 0.4) is 0 Å². The van der Waals surface area contributed by atoms with E-state index in [0.717, 1.165) is 0 Å². The molecule has 3 aromatic rings. The van der Waals surface area contributed by atoms with Crippen molar-refractivity contribution < 1.29 is 18.5 Å².